The summed E-state index contributed by atoms with van der Waals surface area (Å²) in [5, 5.41) is 11.6. The van der Waals surface area contributed by atoms with E-state index in [1.807, 2.05) is 32.0 Å². The number of amides is 1. The Bertz CT molecular complexity index is 876. The summed E-state index contributed by atoms with van der Waals surface area (Å²) in [6.07, 6.45) is 3.30. The summed E-state index contributed by atoms with van der Waals surface area (Å²) in [5.41, 5.74) is 3.32. The van der Waals surface area contributed by atoms with Crippen molar-refractivity contribution < 1.29 is 9.21 Å². The average Bonchev–Trinajstić information content (AvgIpc) is 3.06. The summed E-state index contributed by atoms with van der Waals surface area (Å²) in [5.74, 6) is 0.312. The van der Waals surface area contributed by atoms with E-state index in [0.29, 0.717) is 21.8 Å². The first-order valence-corrected chi connectivity index (χ1v) is 8.82. The van der Waals surface area contributed by atoms with Crippen molar-refractivity contribution >= 4 is 35.0 Å². The second kappa shape index (κ2) is 7.67. The first-order chi connectivity index (χ1) is 12.0. The molecule has 0 spiro atoms. The van der Waals surface area contributed by atoms with Gasteiger partial charge in [-0.1, -0.05) is 29.4 Å². The molecule has 1 amide bonds. The fraction of sp³-hybridized carbons (Fsp3) is 0.176. The SMILES string of the molecule is Cc1cc(C)c(NC(=O)CSc2nnc(-c3cccnc3)o2)c(Cl)c1. The zero-order valence-corrected chi connectivity index (χ0v) is 15.2. The number of aromatic nitrogens is 3. The standard InChI is InChI=1S/C17H15ClN4O2S/c1-10-6-11(2)15(13(18)7-10)20-14(23)9-25-17-22-21-16(24-17)12-4-3-5-19-8-12/h3-8H,9H2,1-2H3,(H,20,23). The number of nitrogens with zero attached hydrogens (tertiary/aromatic N) is 3. The number of benzene rings is 1. The topological polar surface area (TPSA) is 80.9 Å². The Hall–Kier alpha value is -2.38. The van der Waals surface area contributed by atoms with Gasteiger partial charge in [-0.25, -0.2) is 0 Å². The van der Waals surface area contributed by atoms with E-state index < -0.39 is 0 Å². The Morgan fingerprint density at radius 2 is 2.16 bits per heavy atom. The highest BCUT2D eigenvalue weighted by molar-refractivity contribution is 7.99. The zero-order valence-electron chi connectivity index (χ0n) is 13.6. The molecule has 0 saturated heterocycles. The molecule has 8 heteroatoms. The predicted octanol–water partition coefficient (Wildman–Crippen LogP) is 4.13. The fourth-order valence-electron chi connectivity index (χ4n) is 2.25. The number of carbonyl (C=O) groups excluding carboxylic acids is 1. The maximum Gasteiger partial charge on any atom is 0.277 e. The third-order valence-corrected chi connectivity index (χ3v) is 4.45. The molecule has 0 aliphatic rings. The molecule has 1 N–H and O–H groups in total. The van der Waals surface area contributed by atoms with Crippen molar-refractivity contribution in [1.82, 2.24) is 15.2 Å². The predicted molar refractivity (Wildman–Crippen MR) is 97.8 cm³/mol. The third-order valence-electron chi connectivity index (χ3n) is 3.34. The van der Waals surface area contributed by atoms with Crippen LogP contribution in [0.4, 0.5) is 5.69 Å². The van der Waals surface area contributed by atoms with E-state index in [1.165, 1.54) is 0 Å². The Morgan fingerprint density at radius 1 is 1.32 bits per heavy atom. The number of carbonyl (C=O) groups is 1. The molecular formula is C17H15ClN4O2S. The lowest BCUT2D eigenvalue weighted by molar-refractivity contribution is -0.113. The molecule has 2 aromatic heterocycles. The number of rotatable bonds is 5. The van der Waals surface area contributed by atoms with Crippen molar-refractivity contribution in [2.45, 2.75) is 19.1 Å². The van der Waals surface area contributed by atoms with E-state index in [1.54, 1.807) is 18.5 Å². The molecule has 0 unspecified atom stereocenters. The lowest BCUT2D eigenvalue weighted by Gasteiger charge is -2.11. The van der Waals surface area contributed by atoms with Gasteiger partial charge in [-0.2, -0.15) is 0 Å². The minimum Gasteiger partial charge on any atom is -0.411 e. The molecule has 3 aromatic rings. The van der Waals surface area contributed by atoms with Crippen molar-refractivity contribution in [3.63, 3.8) is 0 Å². The first kappa shape index (κ1) is 17.4. The van der Waals surface area contributed by atoms with Gasteiger partial charge in [-0.15, -0.1) is 10.2 Å². The highest BCUT2D eigenvalue weighted by atomic mass is 35.5. The van der Waals surface area contributed by atoms with Crippen LogP contribution in [-0.4, -0.2) is 26.8 Å². The smallest absolute Gasteiger partial charge is 0.277 e. The zero-order chi connectivity index (χ0) is 17.8. The summed E-state index contributed by atoms with van der Waals surface area (Å²) >= 11 is 7.36. The first-order valence-electron chi connectivity index (χ1n) is 7.46. The normalized spacial score (nSPS) is 10.7. The molecule has 6 nitrogen and oxygen atoms in total. The summed E-state index contributed by atoms with van der Waals surface area (Å²) in [4.78, 5) is 16.2. The monoisotopic (exact) mass is 374 g/mol. The Balaban J connectivity index is 1.61. The van der Waals surface area contributed by atoms with Crippen LogP contribution in [0.3, 0.4) is 0 Å². The highest BCUT2D eigenvalue weighted by Gasteiger charge is 2.13. The lowest BCUT2D eigenvalue weighted by Crippen LogP contribution is -2.15. The van der Waals surface area contributed by atoms with Crippen LogP contribution in [-0.2, 0) is 4.79 Å². The van der Waals surface area contributed by atoms with Crippen LogP contribution in [0.15, 0.2) is 46.3 Å². The molecule has 0 aliphatic heterocycles. The van der Waals surface area contributed by atoms with Crippen LogP contribution in [0.1, 0.15) is 11.1 Å². The van der Waals surface area contributed by atoms with Gasteiger partial charge in [0.2, 0.25) is 11.8 Å². The molecule has 2 heterocycles. The molecule has 3 rings (SSSR count). The summed E-state index contributed by atoms with van der Waals surface area (Å²) in [6, 6.07) is 7.39. The van der Waals surface area contributed by atoms with E-state index in [2.05, 4.69) is 20.5 Å². The largest absolute Gasteiger partial charge is 0.411 e. The molecule has 25 heavy (non-hydrogen) atoms. The molecule has 0 aliphatic carbocycles. The van der Waals surface area contributed by atoms with Gasteiger partial charge in [0.15, 0.2) is 0 Å². The third kappa shape index (κ3) is 4.37. The van der Waals surface area contributed by atoms with Gasteiger partial charge < -0.3 is 9.73 Å². The lowest BCUT2D eigenvalue weighted by atomic mass is 10.1. The van der Waals surface area contributed by atoms with E-state index in [9.17, 15) is 4.79 Å². The van der Waals surface area contributed by atoms with Gasteiger partial charge in [0.05, 0.1) is 22.0 Å². The van der Waals surface area contributed by atoms with Crippen molar-refractivity contribution in [2.24, 2.45) is 0 Å². The number of halogens is 1. The quantitative estimate of drug-likeness (QED) is 0.676. The number of hydrogen-bond acceptors (Lipinski definition) is 6. The summed E-state index contributed by atoms with van der Waals surface area (Å²) in [7, 11) is 0. The van der Waals surface area contributed by atoms with Crippen molar-refractivity contribution in [3.05, 3.63) is 52.8 Å². The number of nitrogens with one attached hydrogen (secondary N) is 1. The number of thioether (sulfide) groups is 1. The molecule has 0 fully saturated rings. The van der Waals surface area contributed by atoms with Crippen LogP contribution in [0, 0.1) is 13.8 Å². The minimum atomic E-state index is -0.194. The summed E-state index contributed by atoms with van der Waals surface area (Å²) < 4.78 is 5.53. The second-order valence-electron chi connectivity index (χ2n) is 5.39. The van der Waals surface area contributed by atoms with Crippen molar-refractivity contribution in [1.29, 1.82) is 0 Å². The van der Waals surface area contributed by atoms with E-state index in [-0.39, 0.29) is 11.7 Å². The molecule has 0 atom stereocenters. The van der Waals surface area contributed by atoms with Crippen LogP contribution < -0.4 is 5.32 Å². The average molecular weight is 375 g/mol. The van der Waals surface area contributed by atoms with Gasteiger partial charge in [-0.05, 0) is 43.2 Å². The van der Waals surface area contributed by atoms with Gasteiger partial charge in [0.1, 0.15) is 0 Å². The minimum absolute atomic E-state index is 0.137. The Kier molecular flexibility index (Phi) is 5.35. The summed E-state index contributed by atoms with van der Waals surface area (Å²) in [6.45, 7) is 3.86. The number of aryl methyl sites for hydroxylation is 2. The second-order valence-corrected chi connectivity index (χ2v) is 6.72. The highest BCUT2D eigenvalue weighted by Crippen LogP contribution is 2.28. The van der Waals surface area contributed by atoms with E-state index >= 15 is 0 Å². The molecule has 0 radical (unpaired) electrons. The van der Waals surface area contributed by atoms with Crippen molar-refractivity contribution in [2.75, 3.05) is 11.1 Å². The fourth-order valence-corrected chi connectivity index (χ4v) is 3.18. The number of anilines is 1. The van der Waals surface area contributed by atoms with E-state index in [4.69, 9.17) is 16.0 Å². The van der Waals surface area contributed by atoms with Crippen LogP contribution >= 0.6 is 23.4 Å². The number of hydrogen-bond donors (Lipinski definition) is 1. The number of pyridine rings is 1. The van der Waals surface area contributed by atoms with Gasteiger partial charge in [0, 0.05) is 12.4 Å². The maximum absolute atomic E-state index is 12.2. The molecule has 0 saturated carbocycles. The van der Waals surface area contributed by atoms with Crippen LogP contribution in [0.2, 0.25) is 5.02 Å². The molecular weight excluding hydrogens is 360 g/mol. The Morgan fingerprint density at radius 3 is 2.88 bits per heavy atom. The molecule has 1 aromatic carbocycles. The van der Waals surface area contributed by atoms with Crippen molar-refractivity contribution in [3.8, 4) is 11.5 Å². The maximum atomic E-state index is 12.2. The molecule has 128 valence electrons. The molecule has 0 bridgehead atoms. The van der Waals surface area contributed by atoms with Gasteiger partial charge >= 0.3 is 0 Å². The van der Waals surface area contributed by atoms with E-state index in [0.717, 1.165) is 28.5 Å². The van der Waals surface area contributed by atoms with Gasteiger partial charge in [-0.3, -0.25) is 9.78 Å². The van der Waals surface area contributed by atoms with Crippen LogP contribution in [0.5, 0.6) is 0 Å². The Labute approximate surface area is 154 Å². The van der Waals surface area contributed by atoms with Crippen LogP contribution in [0.25, 0.3) is 11.5 Å². The van der Waals surface area contributed by atoms with Gasteiger partial charge in [0.25, 0.3) is 5.22 Å².